The van der Waals surface area contributed by atoms with Crippen LogP contribution >= 0.6 is 11.6 Å². The first kappa shape index (κ1) is 21.3. The maximum Gasteiger partial charge on any atom is 0.343 e. The minimum Gasteiger partial charge on any atom is -0.490 e. The molecule has 0 saturated heterocycles. The molecular formula is C18H21ClN2O5. The number of nitriles is 1. The van der Waals surface area contributed by atoms with Crippen molar-refractivity contribution in [3.8, 4) is 17.6 Å². The Kier molecular flexibility index (Phi) is 8.46. The summed E-state index contributed by atoms with van der Waals surface area (Å²) in [7, 11) is 1.25. The van der Waals surface area contributed by atoms with Crippen LogP contribution in [-0.4, -0.2) is 38.2 Å². The second-order valence-corrected chi connectivity index (χ2v) is 5.83. The molecule has 0 aliphatic carbocycles. The number of esters is 1. The molecule has 26 heavy (non-hydrogen) atoms. The Bertz CT molecular complexity index is 738. The van der Waals surface area contributed by atoms with Crippen molar-refractivity contribution >= 4 is 29.6 Å². The third-order valence-electron chi connectivity index (χ3n) is 2.99. The summed E-state index contributed by atoms with van der Waals surface area (Å²) < 4.78 is 15.4. The Morgan fingerprint density at radius 3 is 2.58 bits per heavy atom. The lowest BCUT2D eigenvalue weighted by Gasteiger charge is -2.14. The zero-order valence-corrected chi connectivity index (χ0v) is 15.8. The first-order valence-electron chi connectivity index (χ1n) is 7.90. The molecule has 0 aliphatic heterocycles. The molecule has 0 aliphatic rings. The summed E-state index contributed by atoms with van der Waals surface area (Å²) in [6.07, 6.45) is 1.40. The van der Waals surface area contributed by atoms with Gasteiger partial charge in [-0.2, -0.15) is 5.26 Å². The zero-order valence-electron chi connectivity index (χ0n) is 15.1. The van der Waals surface area contributed by atoms with E-state index in [1.165, 1.54) is 19.3 Å². The molecule has 1 N–H and O–H groups in total. The van der Waals surface area contributed by atoms with Gasteiger partial charge in [0, 0.05) is 6.04 Å². The van der Waals surface area contributed by atoms with Gasteiger partial charge in [-0.15, -0.1) is 0 Å². The first-order valence-corrected chi connectivity index (χ1v) is 8.28. The summed E-state index contributed by atoms with van der Waals surface area (Å²) in [4.78, 5) is 23.3. The van der Waals surface area contributed by atoms with Crippen LogP contribution in [0.3, 0.4) is 0 Å². The monoisotopic (exact) mass is 380 g/mol. The fraction of sp³-hybridized carbons (Fsp3) is 0.389. The molecule has 7 nitrogen and oxygen atoms in total. The van der Waals surface area contributed by atoms with Crippen LogP contribution in [0, 0.1) is 11.3 Å². The lowest BCUT2D eigenvalue weighted by Crippen LogP contribution is -2.30. The van der Waals surface area contributed by atoms with Gasteiger partial charge < -0.3 is 19.5 Å². The van der Waals surface area contributed by atoms with Gasteiger partial charge in [-0.1, -0.05) is 11.6 Å². The van der Waals surface area contributed by atoms with Crippen molar-refractivity contribution in [1.29, 1.82) is 5.26 Å². The second-order valence-electron chi connectivity index (χ2n) is 5.43. The van der Waals surface area contributed by atoms with E-state index >= 15 is 0 Å². The molecule has 8 heteroatoms. The lowest BCUT2D eigenvalue weighted by atomic mass is 10.1. The summed E-state index contributed by atoms with van der Waals surface area (Å²) >= 11 is 6.22. The van der Waals surface area contributed by atoms with Crippen LogP contribution in [0.5, 0.6) is 11.5 Å². The van der Waals surface area contributed by atoms with Crippen molar-refractivity contribution in [3.05, 3.63) is 28.3 Å². The molecule has 0 radical (unpaired) electrons. The van der Waals surface area contributed by atoms with Crippen molar-refractivity contribution in [2.24, 2.45) is 0 Å². The van der Waals surface area contributed by atoms with E-state index in [9.17, 15) is 14.9 Å². The standard InChI is InChI=1S/C18H21ClN2O5/c1-5-25-15-8-12(6-13(9-20)18(23)21-11(2)3)7-14(19)17(15)26-10-16(22)24-4/h6-8,11H,5,10H2,1-4H3,(H,21,23)/b13-6-. The van der Waals surface area contributed by atoms with Gasteiger partial charge in [-0.25, -0.2) is 4.79 Å². The Morgan fingerprint density at radius 2 is 2.04 bits per heavy atom. The number of nitrogens with one attached hydrogen (secondary N) is 1. The van der Waals surface area contributed by atoms with E-state index in [1.54, 1.807) is 26.8 Å². The number of benzene rings is 1. The maximum atomic E-state index is 12.0. The van der Waals surface area contributed by atoms with E-state index in [0.29, 0.717) is 12.2 Å². The van der Waals surface area contributed by atoms with Gasteiger partial charge in [0.2, 0.25) is 0 Å². The molecule has 1 aromatic carbocycles. The minimum absolute atomic E-state index is 0.0690. The van der Waals surface area contributed by atoms with Crippen molar-refractivity contribution in [1.82, 2.24) is 5.32 Å². The number of nitrogens with zero attached hydrogens (tertiary/aromatic N) is 1. The number of rotatable bonds is 8. The quantitative estimate of drug-likeness (QED) is 0.423. The number of hydrogen-bond donors (Lipinski definition) is 1. The fourth-order valence-electron chi connectivity index (χ4n) is 1.92. The lowest BCUT2D eigenvalue weighted by molar-refractivity contribution is -0.142. The average Bonchev–Trinajstić information content (AvgIpc) is 2.58. The largest absolute Gasteiger partial charge is 0.490 e. The maximum absolute atomic E-state index is 12.0. The number of amides is 1. The number of methoxy groups -OCH3 is 1. The Morgan fingerprint density at radius 1 is 1.35 bits per heavy atom. The van der Waals surface area contributed by atoms with E-state index in [-0.39, 0.29) is 34.7 Å². The van der Waals surface area contributed by atoms with E-state index in [4.69, 9.17) is 21.1 Å². The molecule has 0 aromatic heterocycles. The van der Waals surface area contributed by atoms with Crippen LogP contribution in [0.2, 0.25) is 5.02 Å². The molecule has 0 spiro atoms. The Balaban J connectivity index is 3.21. The third kappa shape index (κ3) is 6.30. The van der Waals surface area contributed by atoms with Crippen LogP contribution in [0.15, 0.2) is 17.7 Å². The summed E-state index contributed by atoms with van der Waals surface area (Å²) in [5, 5.41) is 12.0. The van der Waals surface area contributed by atoms with Crippen molar-refractivity contribution in [2.75, 3.05) is 20.3 Å². The molecule has 0 atom stereocenters. The highest BCUT2D eigenvalue weighted by Gasteiger charge is 2.16. The topological polar surface area (TPSA) is 97.6 Å². The van der Waals surface area contributed by atoms with Crippen molar-refractivity contribution in [2.45, 2.75) is 26.8 Å². The van der Waals surface area contributed by atoms with Gasteiger partial charge in [0.1, 0.15) is 11.6 Å². The van der Waals surface area contributed by atoms with Gasteiger partial charge in [0.05, 0.1) is 18.7 Å². The molecule has 0 saturated carbocycles. The molecule has 0 heterocycles. The highest BCUT2D eigenvalue weighted by Crippen LogP contribution is 2.37. The summed E-state index contributed by atoms with van der Waals surface area (Å²) in [6.45, 7) is 5.37. The first-order chi connectivity index (χ1) is 12.3. The van der Waals surface area contributed by atoms with E-state index in [1.807, 2.05) is 6.07 Å². The molecule has 1 aromatic rings. The van der Waals surface area contributed by atoms with Crippen molar-refractivity contribution in [3.63, 3.8) is 0 Å². The van der Waals surface area contributed by atoms with Crippen LogP contribution in [0.25, 0.3) is 6.08 Å². The average molecular weight is 381 g/mol. The van der Waals surface area contributed by atoms with Gasteiger partial charge in [0.15, 0.2) is 18.1 Å². The van der Waals surface area contributed by atoms with E-state index < -0.39 is 11.9 Å². The number of ether oxygens (including phenoxy) is 3. The van der Waals surface area contributed by atoms with Gasteiger partial charge in [-0.05, 0) is 44.5 Å². The van der Waals surface area contributed by atoms with Crippen LogP contribution in [0.1, 0.15) is 26.3 Å². The molecule has 0 unspecified atom stereocenters. The number of carbonyl (C=O) groups is 2. The van der Waals surface area contributed by atoms with Crippen LogP contribution in [-0.2, 0) is 14.3 Å². The summed E-state index contributed by atoms with van der Waals surface area (Å²) in [6, 6.07) is 4.84. The minimum atomic E-state index is -0.565. The van der Waals surface area contributed by atoms with E-state index in [0.717, 1.165) is 0 Å². The van der Waals surface area contributed by atoms with Gasteiger partial charge in [0.25, 0.3) is 5.91 Å². The molecular weight excluding hydrogens is 360 g/mol. The van der Waals surface area contributed by atoms with Crippen LogP contribution in [0.4, 0.5) is 0 Å². The summed E-state index contributed by atoms with van der Waals surface area (Å²) in [5.74, 6) is -0.579. The normalized spacial score (nSPS) is 10.9. The van der Waals surface area contributed by atoms with Crippen LogP contribution < -0.4 is 14.8 Å². The smallest absolute Gasteiger partial charge is 0.343 e. The van der Waals surface area contributed by atoms with Gasteiger partial charge in [-0.3, -0.25) is 4.79 Å². The van der Waals surface area contributed by atoms with Crippen molar-refractivity contribution < 1.29 is 23.8 Å². The number of carbonyl (C=O) groups excluding carboxylic acids is 2. The SMILES string of the molecule is CCOc1cc(/C=C(/C#N)C(=O)NC(C)C)cc(Cl)c1OCC(=O)OC. The fourth-order valence-corrected chi connectivity index (χ4v) is 2.19. The Hall–Kier alpha value is -2.72. The zero-order chi connectivity index (χ0) is 19.7. The van der Waals surface area contributed by atoms with Gasteiger partial charge >= 0.3 is 5.97 Å². The molecule has 140 valence electrons. The molecule has 1 amide bonds. The number of halogens is 1. The highest BCUT2D eigenvalue weighted by atomic mass is 35.5. The summed E-state index contributed by atoms with van der Waals surface area (Å²) in [5.41, 5.74) is 0.416. The highest BCUT2D eigenvalue weighted by molar-refractivity contribution is 6.32. The third-order valence-corrected chi connectivity index (χ3v) is 3.27. The Labute approximate surface area is 157 Å². The predicted octanol–water partition coefficient (Wildman–Crippen LogP) is 2.72. The molecule has 1 rings (SSSR count). The second kappa shape index (κ2) is 10.3. The predicted molar refractivity (Wildman–Crippen MR) is 97.0 cm³/mol. The molecule has 0 bridgehead atoms. The number of hydrogen-bond acceptors (Lipinski definition) is 6. The molecule has 0 fully saturated rings. The van der Waals surface area contributed by atoms with E-state index in [2.05, 4.69) is 10.1 Å².